The first kappa shape index (κ1) is 19.2. The summed E-state index contributed by atoms with van der Waals surface area (Å²) in [5.41, 5.74) is 1.16. The molecule has 1 atom stereocenters. The van der Waals surface area contributed by atoms with Gasteiger partial charge in [0.2, 0.25) is 0 Å². The Hall–Kier alpha value is -2.57. The molecule has 7 heteroatoms. The van der Waals surface area contributed by atoms with Crippen molar-refractivity contribution < 1.29 is 19.1 Å². The summed E-state index contributed by atoms with van der Waals surface area (Å²) in [6.45, 7) is 4.15. The zero-order valence-corrected chi connectivity index (χ0v) is 16.0. The molecule has 2 aliphatic rings. The molecule has 3 rings (SSSR count). The SMILES string of the molecule is CCN1CCN(C(=O)N2CCCC[C@@H](c3ccc(OC)cc3)C2)C(=O)C1=O. The van der Waals surface area contributed by atoms with Gasteiger partial charge < -0.3 is 14.5 Å². The lowest BCUT2D eigenvalue weighted by atomic mass is 9.94. The number of ether oxygens (including phenoxy) is 1. The van der Waals surface area contributed by atoms with Crippen molar-refractivity contribution in [1.82, 2.24) is 14.7 Å². The number of methoxy groups -OCH3 is 1. The Balaban J connectivity index is 1.72. The molecule has 2 heterocycles. The summed E-state index contributed by atoms with van der Waals surface area (Å²) in [4.78, 5) is 41.8. The Kier molecular flexibility index (Phi) is 5.98. The van der Waals surface area contributed by atoms with E-state index in [1.54, 1.807) is 12.0 Å². The van der Waals surface area contributed by atoms with E-state index in [4.69, 9.17) is 4.74 Å². The van der Waals surface area contributed by atoms with E-state index in [0.29, 0.717) is 26.2 Å². The third-order valence-corrected chi connectivity index (χ3v) is 5.45. The van der Waals surface area contributed by atoms with Crippen LogP contribution in [0.15, 0.2) is 24.3 Å². The summed E-state index contributed by atoms with van der Waals surface area (Å²) in [7, 11) is 1.64. The number of nitrogens with zero attached hydrogens (tertiary/aromatic N) is 3. The summed E-state index contributed by atoms with van der Waals surface area (Å²) < 4.78 is 5.22. The van der Waals surface area contributed by atoms with Crippen LogP contribution in [0.5, 0.6) is 5.75 Å². The fraction of sp³-hybridized carbons (Fsp3) is 0.550. The minimum atomic E-state index is -0.710. The molecule has 0 aliphatic carbocycles. The molecule has 0 unspecified atom stereocenters. The van der Waals surface area contributed by atoms with E-state index in [1.807, 2.05) is 31.2 Å². The van der Waals surface area contributed by atoms with Crippen LogP contribution >= 0.6 is 0 Å². The van der Waals surface area contributed by atoms with Crippen molar-refractivity contribution in [1.29, 1.82) is 0 Å². The predicted molar refractivity (Wildman–Crippen MR) is 101 cm³/mol. The lowest BCUT2D eigenvalue weighted by Gasteiger charge is -2.35. The highest BCUT2D eigenvalue weighted by Gasteiger charge is 2.38. The van der Waals surface area contributed by atoms with Crippen LogP contribution in [0.4, 0.5) is 4.79 Å². The van der Waals surface area contributed by atoms with Gasteiger partial charge in [-0.05, 0) is 37.5 Å². The number of likely N-dealkylation sites (N-methyl/N-ethyl adjacent to an activating group) is 1. The Morgan fingerprint density at radius 1 is 1.07 bits per heavy atom. The van der Waals surface area contributed by atoms with Crippen molar-refractivity contribution in [3.8, 4) is 5.75 Å². The minimum Gasteiger partial charge on any atom is -0.497 e. The molecule has 7 nitrogen and oxygen atoms in total. The third kappa shape index (κ3) is 4.07. The number of hydrogen-bond acceptors (Lipinski definition) is 4. The Labute approximate surface area is 159 Å². The highest BCUT2D eigenvalue weighted by Crippen LogP contribution is 2.28. The first-order valence-electron chi connectivity index (χ1n) is 9.58. The van der Waals surface area contributed by atoms with Gasteiger partial charge in [0.1, 0.15) is 5.75 Å². The number of urea groups is 1. The minimum absolute atomic E-state index is 0.213. The Morgan fingerprint density at radius 3 is 2.48 bits per heavy atom. The molecule has 27 heavy (non-hydrogen) atoms. The van der Waals surface area contributed by atoms with Gasteiger partial charge in [-0.3, -0.25) is 14.5 Å². The maximum Gasteiger partial charge on any atom is 0.327 e. The predicted octanol–water partition coefficient (Wildman–Crippen LogP) is 2.08. The molecular formula is C20H27N3O4. The summed E-state index contributed by atoms with van der Waals surface area (Å²) in [6, 6.07) is 7.58. The average Bonchev–Trinajstić information content (AvgIpc) is 2.96. The fourth-order valence-electron chi connectivity index (χ4n) is 3.79. The second kappa shape index (κ2) is 8.41. The molecule has 4 amide bonds. The van der Waals surface area contributed by atoms with E-state index < -0.39 is 11.8 Å². The molecule has 146 valence electrons. The van der Waals surface area contributed by atoms with E-state index in [9.17, 15) is 14.4 Å². The number of rotatable bonds is 3. The van der Waals surface area contributed by atoms with E-state index in [0.717, 1.165) is 35.5 Å². The summed E-state index contributed by atoms with van der Waals surface area (Å²) >= 11 is 0. The van der Waals surface area contributed by atoms with Crippen molar-refractivity contribution in [2.75, 3.05) is 39.8 Å². The lowest BCUT2D eigenvalue weighted by molar-refractivity contribution is -0.153. The lowest BCUT2D eigenvalue weighted by Crippen LogP contribution is -2.59. The number of carbonyl (C=O) groups is 3. The van der Waals surface area contributed by atoms with Crippen LogP contribution in [0, 0.1) is 0 Å². The van der Waals surface area contributed by atoms with Crippen LogP contribution in [-0.2, 0) is 9.59 Å². The van der Waals surface area contributed by atoms with Crippen LogP contribution in [0.3, 0.4) is 0 Å². The molecule has 0 saturated carbocycles. The topological polar surface area (TPSA) is 70.2 Å². The van der Waals surface area contributed by atoms with Gasteiger partial charge >= 0.3 is 17.8 Å². The Bertz CT molecular complexity index is 704. The van der Waals surface area contributed by atoms with Crippen LogP contribution in [0.25, 0.3) is 0 Å². The standard InChI is InChI=1S/C20H27N3O4/c1-3-21-12-13-23(19(25)18(21)24)20(26)22-11-5-4-6-16(14-22)15-7-9-17(27-2)10-8-15/h7-10,16H,3-6,11-14H2,1-2H3/t16-/m1/s1. The first-order chi connectivity index (χ1) is 13.0. The molecule has 1 aromatic rings. The van der Waals surface area contributed by atoms with Gasteiger partial charge in [0, 0.05) is 38.6 Å². The monoisotopic (exact) mass is 373 g/mol. The van der Waals surface area contributed by atoms with Crippen LogP contribution in [0.1, 0.15) is 37.7 Å². The van der Waals surface area contributed by atoms with Crippen molar-refractivity contribution in [2.45, 2.75) is 32.1 Å². The first-order valence-corrected chi connectivity index (χ1v) is 9.58. The van der Waals surface area contributed by atoms with E-state index >= 15 is 0 Å². The van der Waals surface area contributed by atoms with Gasteiger partial charge in [0.25, 0.3) is 0 Å². The number of likely N-dealkylation sites (tertiary alicyclic amines) is 1. The molecule has 2 fully saturated rings. The highest BCUT2D eigenvalue weighted by atomic mass is 16.5. The molecule has 0 bridgehead atoms. The highest BCUT2D eigenvalue weighted by molar-refractivity contribution is 6.38. The molecule has 2 saturated heterocycles. The second-order valence-corrected chi connectivity index (χ2v) is 7.04. The van der Waals surface area contributed by atoms with Crippen molar-refractivity contribution >= 4 is 17.8 Å². The number of imide groups is 1. The third-order valence-electron chi connectivity index (χ3n) is 5.45. The maximum absolute atomic E-state index is 13.0. The van der Waals surface area contributed by atoms with Gasteiger partial charge in [-0.1, -0.05) is 18.6 Å². The normalized spacial score (nSPS) is 21.3. The van der Waals surface area contributed by atoms with E-state index in [-0.39, 0.29) is 18.5 Å². The second-order valence-electron chi connectivity index (χ2n) is 7.04. The zero-order chi connectivity index (χ0) is 19.4. The van der Waals surface area contributed by atoms with Crippen molar-refractivity contribution in [3.63, 3.8) is 0 Å². The quantitative estimate of drug-likeness (QED) is 0.761. The largest absolute Gasteiger partial charge is 0.497 e. The van der Waals surface area contributed by atoms with Gasteiger partial charge in [-0.2, -0.15) is 0 Å². The number of benzene rings is 1. The zero-order valence-electron chi connectivity index (χ0n) is 16.0. The van der Waals surface area contributed by atoms with Crippen LogP contribution in [0.2, 0.25) is 0 Å². The number of carbonyl (C=O) groups excluding carboxylic acids is 3. The Morgan fingerprint density at radius 2 is 1.81 bits per heavy atom. The number of piperazine rings is 1. The van der Waals surface area contributed by atoms with E-state index in [1.165, 1.54) is 4.90 Å². The number of hydrogen-bond donors (Lipinski definition) is 0. The molecule has 0 N–H and O–H groups in total. The summed E-state index contributed by atoms with van der Waals surface area (Å²) in [6.07, 6.45) is 2.92. The molecule has 0 radical (unpaired) electrons. The molecule has 2 aliphatic heterocycles. The molecule has 0 spiro atoms. The van der Waals surface area contributed by atoms with Gasteiger partial charge in [0.15, 0.2) is 0 Å². The summed E-state index contributed by atoms with van der Waals surface area (Å²) in [5, 5.41) is 0. The fourth-order valence-corrected chi connectivity index (χ4v) is 3.79. The average molecular weight is 373 g/mol. The van der Waals surface area contributed by atoms with Gasteiger partial charge in [0.05, 0.1) is 7.11 Å². The van der Waals surface area contributed by atoms with Gasteiger partial charge in [-0.25, -0.2) is 4.79 Å². The number of amides is 4. The molecule has 1 aromatic carbocycles. The smallest absolute Gasteiger partial charge is 0.327 e. The van der Waals surface area contributed by atoms with Crippen LogP contribution in [-0.4, -0.2) is 72.4 Å². The molecule has 0 aromatic heterocycles. The van der Waals surface area contributed by atoms with E-state index in [2.05, 4.69) is 0 Å². The van der Waals surface area contributed by atoms with Crippen molar-refractivity contribution in [2.24, 2.45) is 0 Å². The maximum atomic E-state index is 13.0. The summed E-state index contributed by atoms with van der Waals surface area (Å²) in [5.74, 6) is -0.278. The molecular weight excluding hydrogens is 346 g/mol. The van der Waals surface area contributed by atoms with Gasteiger partial charge in [-0.15, -0.1) is 0 Å². The van der Waals surface area contributed by atoms with Crippen molar-refractivity contribution in [3.05, 3.63) is 29.8 Å². The van der Waals surface area contributed by atoms with Crippen LogP contribution < -0.4 is 4.74 Å².